The Kier molecular flexibility index (Phi) is 3.31. The summed E-state index contributed by atoms with van der Waals surface area (Å²) in [6.07, 6.45) is 4.78. The van der Waals surface area contributed by atoms with Crippen LogP contribution in [0.3, 0.4) is 0 Å². The van der Waals surface area contributed by atoms with E-state index in [2.05, 4.69) is 50.8 Å². The van der Waals surface area contributed by atoms with Crippen molar-refractivity contribution in [3.05, 3.63) is 40.3 Å². The molecule has 0 aromatic carbocycles. The first-order valence-corrected chi connectivity index (χ1v) is 7.39. The number of nitrogens with one attached hydrogen (secondary N) is 1. The number of halogens is 1. The van der Waals surface area contributed by atoms with Gasteiger partial charge in [-0.1, -0.05) is 19.9 Å². The summed E-state index contributed by atoms with van der Waals surface area (Å²) in [5.41, 5.74) is 2.33. The second-order valence-corrected chi connectivity index (χ2v) is 5.96. The number of hydrogen-bond donors (Lipinski definition) is 1. The summed E-state index contributed by atoms with van der Waals surface area (Å²) in [5, 5.41) is 8.23. The van der Waals surface area contributed by atoms with Gasteiger partial charge in [0.1, 0.15) is 5.82 Å². The van der Waals surface area contributed by atoms with Crippen molar-refractivity contribution in [2.45, 2.75) is 32.2 Å². The first kappa shape index (κ1) is 12.7. The van der Waals surface area contributed by atoms with E-state index in [0.29, 0.717) is 5.92 Å². The van der Waals surface area contributed by atoms with Gasteiger partial charge in [0, 0.05) is 18.9 Å². The van der Waals surface area contributed by atoms with Crippen molar-refractivity contribution in [2.75, 3.05) is 11.9 Å². The lowest BCUT2D eigenvalue weighted by Crippen LogP contribution is -2.24. The highest BCUT2D eigenvalue weighted by molar-refractivity contribution is 9.10. The Morgan fingerprint density at radius 2 is 2.32 bits per heavy atom. The number of aromatic nitrogens is 3. The monoisotopic (exact) mass is 320 g/mol. The molecule has 0 saturated heterocycles. The molecule has 1 N–H and O–H groups in total. The molecule has 0 amide bonds. The van der Waals surface area contributed by atoms with E-state index in [4.69, 9.17) is 5.10 Å². The van der Waals surface area contributed by atoms with Crippen LogP contribution in [0, 0.1) is 0 Å². The van der Waals surface area contributed by atoms with Crippen LogP contribution in [0.15, 0.2) is 29.0 Å². The molecule has 0 saturated carbocycles. The van der Waals surface area contributed by atoms with Gasteiger partial charge in [-0.25, -0.2) is 4.68 Å². The normalized spacial score (nSPS) is 18.2. The summed E-state index contributed by atoms with van der Waals surface area (Å²) in [4.78, 5) is 4.22. The highest BCUT2D eigenvalue weighted by Gasteiger charge is 2.27. The van der Waals surface area contributed by atoms with Crippen molar-refractivity contribution in [1.29, 1.82) is 0 Å². The Morgan fingerprint density at radius 1 is 1.47 bits per heavy atom. The van der Waals surface area contributed by atoms with Crippen LogP contribution in [0.2, 0.25) is 0 Å². The number of rotatable bonds is 2. The van der Waals surface area contributed by atoms with Gasteiger partial charge in [-0.2, -0.15) is 5.10 Å². The zero-order valence-electron chi connectivity index (χ0n) is 11.1. The third kappa shape index (κ3) is 2.16. The predicted octanol–water partition coefficient (Wildman–Crippen LogP) is 3.57. The molecule has 1 aliphatic rings. The van der Waals surface area contributed by atoms with Crippen LogP contribution in [-0.2, 0) is 0 Å². The lowest BCUT2D eigenvalue weighted by Gasteiger charge is -2.25. The molecule has 3 heterocycles. The maximum absolute atomic E-state index is 4.79. The van der Waals surface area contributed by atoms with Gasteiger partial charge in [0.25, 0.3) is 0 Å². The number of nitrogens with zero attached hydrogens (tertiary/aromatic N) is 3. The molecule has 3 rings (SSSR count). The minimum Gasteiger partial charge on any atom is -0.369 e. The molecule has 1 unspecified atom stereocenters. The average molecular weight is 321 g/mol. The van der Waals surface area contributed by atoms with E-state index in [1.165, 1.54) is 5.56 Å². The Morgan fingerprint density at radius 3 is 3.00 bits per heavy atom. The van der Waals surface area contributed by atoms with Crippen LogP contribution < -0.4 is 5.32 Å². The van der Waals surface area contributed by atoms with Crippen molar-refractivity contribution >= 4 is 21.7 Å². The molecule has 2 aromatic heterocycles. The number of anilines is 1. The Balaban J connectivity index is 2.08. The largest absolute Gasteiger partial charge is 0.369 e. The predicted molar refractivity (Wildman–Crippen MR) is 79.5 cm³/mol. The fourth-order valence-corrected chi connectivity index (χ4v) is 3.37. The van der Waals surface area contributed by atoms with Gasteiger partial charge in [0.05, 0.1) is 16.2 Å². The lowest BCUT2D eigenvalue weighted by molar-refractivity contribution is 0.475. The molecule has 0 fully saturated rings. The van der Waals surface area contributed by atoms with E-state index in [-0.39, 0.29) is 6.04 Å². The standard InChI is InChI=1S/C14H17BrN4/c1-9(2)13-12(15)14-17-7-5-11(19(14)18-13)10-4-3-6-16-8-10/h3-4,6,8-9,11,17H,5,7H2,1-2H3. The Bertz CT molecular complexity index is 577. The zero-order chi connectivity index (χ0) is 13.4. The molecular weight excluding hydrogens is 304 g/mol. The fraction of sp³-hybridized carbons (Fsp3) is 0.429. The maximum Gasteiger partial charge on any atom is 0.139 e. The highest BCUT2D eigenvalue weighted by Crippen LogP contribution is 2.37. The van der Waals surface area contributed by atoms with Crippen molar-refractivity contribution in [1.82, 2.24) is 14.8 Å². The molecule has 0 bridgehead atoms. The summed E-state index contributed by atoms with van der Waals surface area (Å²) >= 11 is 3.68. The van der Waals surface area contributed by atoms with Gasteiger partial charge in [-0.3, -0.25) is 4.98 Å². The van der Waals surface area contributed by atoms with Crippen LogP contribution in [0.5, 0.6) is 0 Å². The third-order valence-electron chi connectivity index (χ3n) is 3.50. The van der Waals surface area contributed by atoms with Gasteiger partial charge >= 0.3 is 0 Å². The van der Waals surface area contributed by atoms with Crippen molar-refractivity contribution < 1.29 is 0 Å². The molecule has 1 atom stereocenters. The van der Waals surface area contributed by atoms with Crippen molar-refractivity contribution in [3.63, 3.8) is 0 Å². The molecule has 19 heavy (non-hydrogen) atoms. The number of hydrogen-bond acceptors (Lipinski definition) is 3. The van der Waals surface area contributed by atoms with E-state index < -0.39 is 0 Å². The van der Waals surface area contributed by atoms with E-state index in [9.17, 15) is 0 Å². The van der Waals surface area contributed by atoms with E-state index >= 15 is 0 Å². The fourth-order valence-electron chi connectivity index (χ4n) is 2.52. The first-order valence-electron chi connectivity index (χ1n) is 6.60. The van der Waals surface area contributed by atoms with Gasteiger partial charge in [0.2, 0.25) is 0 Å². The smallest absolute Gasteiger partial charge is 0.139 e. The highest BCUT2D eigenvalue weighted by atomic mass is 79.9. The van der Waals surface area contributed by atoms with Crippen LogP contribution in [-0.4, -0.2) is 21.3 Å². The minimum absolute atomic E-state index is 0.272. The number of fused-ring (bicyclic) bond motifs is 1. The molecule has 1 aliphatic heterocycles. The van der Waals surface area contributed by atoms with Gasteiger partial charge in [-0.15, -0.1) is 0 Å². The average Bonchev–Trinajstić information content (AvgIpc) is 2.78. The second kappa shape index (κ2) is 4.96. The van der Waals surface area contributed by atoms with E-state index in [1.807, 2.05) is 18.5 Å². The molecule has 4 nitrogen and oxygen atoms in total. The minimum atomic E-state index is 0.272. The molecule has 5 heteroatoms. The summed E-state index contributed by atoms with van der Waals surface area (Å²) < 4.78 is 3.19. The summed E-state index contributed by atoms with van der Waals surface area (Å²) in [7, 11) is 0. The van der Waals surface area contributed by atoms with Crippen LogP contribution in [0.25, 0.3) is 0 Å². The van der Waals surface area contributed by atoms with Crippen LogP contribution in [0.4, 0.5) is 5.82 Å². The molecule has 100 valence electrons. The summed E-state index contributed by atoms with van der Waals surface area (Å²) in [6.45, 7) is 5.29. The zero-order valence-corrected chi connectivity index (χ0v) is 12.7. The molecular formula is C14H17BrN4. The van der Waals surface area contributed by atoms with Crippen LogP contribution in [0.1, 0.15) is 43.5 Å². The van der Waals surface area contributed by atoms with Crippen molar-refractivity contribution in [2.24, 2.45) is 0 Å². The van der Waals surface area contributed by atoms with Gasteiger partial charge < -0.3 is 5.32 Å². The lowest BCUT2D eigenvalue weighted by atomic mass is 10.0. The number of pyridine rings is 1. The molecule has 0 radical (unpaired) electrons. The first-order chi connectivity index (χ1) is 9.18. The Hall–Kier alpha value is -1.36. The van der Waals surface area contributed by atoms with Crippen molar-refractivity contribution in [3.8, 4) is 0 Å². The van der Waals surface area contributed by atoms with E-state index in [1.54, 1.807) is 0 Å². The maximum atomic E-state index is 4.79. The molecule has 0 aliphatic carbocycles. The van der Waals surface area contributed by atoms with Crippen LogP contribution >= 0.6 is 15.9 Å². The SMILES string of the molecule is CC(C)c1nn2c(c1Br)NCCC2c1cccnc1. The summed E-state index contributed by atoms with van der Waals surface area (Å²) in [5.74, 6) is 1.49. The Labute approximate surface area is 121 Å². The van der Waals surface area contributed by atoms with Gasteiger partial charge in [0.15, 0.2) is 0 Å². The third-order valence-corrected chi connectivity index (χ3v) is 4.28. The van der Waals surface area contributed by atoms with Gasteiger partial charge in [-0.05, 0) is 39.9 Å². The quantitative estimate of drug-likeness (QED) is 0.919. The van der Waals surface area contributed by atoms with E-state index in [0.717, 1.165) is 29.0 Å². The summed E-state index contributed by atoms with van der Waals surface area (Å²) in [6, 6.07) is 4.38. The molecule has 2 aromatic rings. The second-order valence-electron chi connectivity index (χ2n) is 5.16. The topological polar surface area (TPSA) is 42.7 Å². The molecule has 0 spiro atoms.